The average Bonchev–Trinajstić information content (AvgIpc) is 3.81. The van der Waals surface area contributed by atoms with Gasteiger partial charge in [-0.25, -0.2) is 0 Å². The second kappa shape index (κ2) is 19.7. The number of hydrogen-bond donors (Lipinski definition) is 2. The maximum absolute atomic E-state index is 14.4. The Morgan fingerprint density at radius 1 is 0.597 bits per heavy atom. The number of anilines is 2. The topological polar surface area (TPSA) is 137 Å². The second-order valence-corrected chi connectivity index (χ2v) is 15.7. The Labute approximate surface area is 390 Å². The lowest BCUT2D eigenvalue weighted by Gasteiger charge is -2.15. The predicted octanol–water partition coefficient (Wildman–Crippen LogP) is 11.8. The molecule has 4 heterocycles. The number of Topliss-reactive ketones (excluding diaryl/α,β-unsaturated/α-hetero) is 2. The molecule has 0 saturated heterocycles. The summed E-state index contributed by atoms with van der Waals surface area (Å²) >= 11 is 18.0. The summed E-state index contributed by atoms with van der Waals surface area (Å²) in [4.78, 5) is 59.1. The van der Waals surface area contributed by atoms with Crippen molar-refractivity contribution in [2.75, 3.05) is 17.7 Å². The molecule has 0 atom stereocenters. The standard InChI is InChI=1S/C24H16Cl2F3N3O3.C23H15ClF3N3O2/c1-35-16-6-7-19-17(10-16)20(21(33)23(34)31-15-3-2-8-30-11-15)22(24(27,28)29)32(19)12-13-4-5-14(25)9-18(13)26;24-15-9-7-14(8-10-15)13-30-18-6-2-1-5-17(18)19(21(30)23(25,26)27)20(31)22(32)29-16-4-3-11-28-12-16/h2-11H,12H2,1H3,(H,31,34);1-12H,13H2,(H,29,32). The molecule has 0 bridgehead atoms. The first-order chi connectivity index (χ1) is 31.8. The molecule has 0 unspecified atom stereocenters. The fraction of sp³-hybridized carbons (Fsp3) is 0.106. The molecule has 11 nitrogen and oxygen atoms in total. The van der Waals surface area contributed by atoms with Gasteiger partial charge in [0.25, 0.3) is 23.4 Å². The molecule has 0 spiro atoms. The van der Waals surface area contributed by atoms with E-state index >= 15 is 0 Å². The molecular formula is C47H31Cl3F6N6O5. The molecular weight excluding hydrogens is 949 g/mol. The highest BCUT2D eigenvalue weighted by atomic mass is 35.5. The molecule has 8 aromatic rings. The van der Waals surface area contributed by atoms with Crippen molar-refractivity contribution in [3.63, 3.8) is 0 Å². The Balaban J connectivity index is 0.000000200. The third-order valence-corrected chi connectivity index (χ3v) is 10.9. The number of methoxy groups -OCH3 is 1. The van der Waals surface area contributed by atoms with Crippen LogP contribution < -0.4 is 15.4 Å². The highest BCUT2D eigenvalue weighted by Crippen LogP contribution is 2.42. The van der Waals surface area contributed by atoms with Gasteiger partial charge in [-0.3, -0.25) is 29.1 Å². The molecule has 20 heteroatoms. The Morgan fingerprint density at radius 2 is 1.12 bits per heavy atom. The number of halogens is 9. The number of rotatable bonds is 11. The van der Waals surface area contributed by atoms with E-state index in [1.807, 2.05) is 0 Å². The number of ether oxygens (including phenoxy) is 1. The lowest BCUT2D eigenvalue weighted by Crippen LogP contribution is -2.26. The highest BCUT2D eigenvalue weighted by molar-refractivity contribution is 6.49. The number of para-hydroxylation sites is 1. The number of carbonyl (C=O) groups is 4. The number of nitrogens with one attached hydrogen (secondary N) is 2. The molecule has 0 radical (unpaired) electrons. The zero-order valence-corrected chi connectivity index (χ0v) is 36.6. The van der Waals surface area contributed by atoms with E-state index in [0.717, 1.165) is 9.13 Å². The number of alkyl halides is 6. The summed E-state index contributed by atoms with van der Waals surface area (Å²) in [5.41, 5.74) is -2.43. The van der Waals surface area contributed by atoms with Crippen molar-refractivity contribution in [1.82, 2.24) is 19.1 Å². The first-order valence-electron chi connectivity index (χ1n) is 19.5. The van der Waals surface area contributed by atoms with E-state index in [-0.39, 0.29) is 57.0 Å². The Kier molecular flexibility index (Phi) is 14.0. The van der Waals surface area contributed by atoms with E-state index in [2.05, 4.69) is 20.6 Å². The first kappa shape index (κ1) is 47.7. The highest BCUT2D eigenvalue weighted by Gasteiger charge is 2.44. The van der Waals surface area contributed by atoms with Gasteiger partial charge in [0.15, 0.2) is 0 Å². The zero-order chi connectivity index (χ0) is 48.2. The van der Waals surface area contributed by atoms with Crippen LogP contribution in [0.4, 0.5) is 37.7 Å². The number of nitrogens with zero attached hydrogens (tertiary/aromatic N) is 4. The Morgan fingerprint density at radius 3 is 1.64 bits per heavy atom. The van der Waals surface area contributed by atoms with Gasteiger partial charge in [0.05, 0.1) is 42.0 Å². The minimum absolute atomic E-state index is 0.0418. The number of pyridine rings is 2. The Hall–Kier alpha value is -7.21. The summed E-state index contributed by atoms with van der Waals surface area (Å²) in [5, 5.41) is 5.47. The number of fused-ring (bicyclic) bond motifs is 2. The van der Waals surface area contributed by atoms with Crippen molar-refractivity contribution in [3.05, 3.63) is 183 Å². The SMILES string of the molecule is COc1ccc2c(c1)c(C(=O)C(=O)Nc1cccnc1)c(C(F)(F)F)n2Cc1ccc(Cl)cc1Cl.O=C(Nc1cccnc1)C(=O)c1c(C(F)(F)F)n(Cc2ccc(Cl)cc2)c2ccccc12. The first-order valence-corrected chi connectivity index (χ1v) is 20.6. The summed E-state index contributed by atoms with van der Waals surface area (Å²) < 4.78 is 93.1. The third-order valence-electron chi connectivity index (χ3n) is 10.1. The van der Waals surface area contributed by atoms with Crippen LogP contribution in [0, 0.1) is 0 Å². The van der Waals surface area contributed by atoms with E-state index in [0.29, 0.717) is 21.2 Å². The molecule has 2 N–H and O–H groups in total. The molecule has 4 aromatic heterocycles. The fourth-order valence-electron chi connectivity index (χ4n) is 7.21. The minimum Gasteiger partial charge on any atom is -0.497 e. The van der Waals surface area contributed by atoms with Crippen LogP contribution >= 0.6 is 34.8 Å². The quantitative estimate of drug-likeness (QED) is 0.0748. The molecule has 2 amide bonds. The monoisotopic (exact) mass is 978 g/mol. The van der Waals surface area contributed by atoms with Crippen LogP contribution in [0.1, 0.15) is 43.2 Å². The summed E-state index contributed by atoms with van der Waals surface area (Å²) in [5.74, 6) is -4.85. The fourth-order valence-corrected chi connectivity index (χ4v) is 7.80. The Bertz CT molecular complexity index is 3160. The van der Waals surface area contributed by atoms with E-state index in [1.54, 1.807) is 30.3 Å². The number of aromatic nitrogens is 4. The van der Waals surface area contributed by atoms with Crippen LogP contribution in [0.25, 0.3) is 21.8 Å². The molecule has 0 aliphatic carbocycles. The maximum Gasteiger partial charge on any atom is 0.432 e. The van der Waals surface area contributed by atoms with Crippen molar-refractivity contribution >= 4 is 91.4 Å². The van der Waals surface area contributed by atoms with Gasteiger partial charge in [-0.2, -0.15) is 26.3 Å². The summed E-state index contributed by atoms with van der Waals surface area (Å²) in [6.07, 6.45) is -4.40. The molecule has 4 aromatic carbocycles. The van der Waals surface area contributed by atoms with Crippen LogP contribution in [0.5, 0.6) is 5.75 Å². The van der Waals surface area contributed by atoms with Crippen LogP contribution in [0.15, 0.2) is 134 Å². The van der Waals surface area contributed by atoms with Crippen LogP contribution in [-0.4, -0.2) is 49.6 Å². The van der Waals surface area contributed by atoms with E-state index in [4.69, 9.17) is 39.5 Å². The molecule has 342 valence electrons. The van der Waals surface area contributed by atoms with Gasteiger partial charge in [-0.15, -0.1) is 0 Å². The van der Waals surface area contributed by atoms with Crippen LogP contribution in [0.3, 0.4) is 0 Å². The van der Waals surface area contributed by atoms with Crippen molar-refractivity contribution in [3.8, 4) is 5.75 Å². The lowest BCUT2D eigenvalue weighted by molar-refractivity contribution is -0.144. The number of hydrogen-bond acceptors (Lipinski definition) is 7. The second-order valence-electron chi connectivity index (χ2n) is 14.4. The maximum atomic E-state index is 14.4. The molecule has 0 fully saturated rings. The zero-order valence-electron chi connectivity index (χ0n) is 34.3. The van der Waals surface area contributed by atoms with Crippen molar-refractivity contribution in [2.24, 2.45) is 0 Å². The van der Waals surface area contributed by atoms with Crippen molar-refractivity contribution in [1.29, 1.82) is 0 Å². The van der Waals surface area contributed by atoms with Gasteiger partial charge in [-0.1, -0.05) is 71.2 Å². The number of benzene rings is 4. The van der Waals surface area contributed by atoms with E-state index in [1.165, 1.54) is 111 Å². The smallest absolute Gasteiger partial charge is 0.432 e. The predicted molar refractivity (Wildman–Crippen MR) is 241 cm³/mol. The molecule has 0 aliphatic rings. The van der Waals surface area contributed by atoms with Crippen molar-refractivity contribution < 1.29 is 50.3 Å². The third kappa shape index (κ3) is 10.6. The summed E-state index contributed by atoms with van der Waals surface area (Å²) in [6, 6.07) is 26.8. The van der Waals surface area contributed by atoms with Crippen LogP contribution in [-0.2, 0) is 35.0 Å². The van der Waals surface area contributed by atoms with E-state index in [9.17, 15) is 45.5 Å². The van der Waals surface area contributed by atoms with Gasteiger partial charge in [0.2, 0.25) is 0 Å². The number of amides is 2. The normalized spacial score (nSPS) is 11.5. The molecule has 0 saturated carbocycles. The van der Waals surface area contributed by atoms with Gasteiger partial charge in [0, 0.05) is 62.4 Å². The molecule has 0 aliphatic heterocycles. The van der Waals surface area contributed by atoms with Gasteiger partial charge < -0.3 is 24.5 Å². The van der Waals surface area contributed by atoms with Gasteiger partial charge in [-0.05, 0) is 83.9 Å². The van der Waals surface area contributed by atoms with Gasteiger partial charge >= 0.3 is 12.4 Å². The van der Waals surface area contributed by atoms with Crippen molar-refractivity contribution in [2.45, 2.75) is 25.4 Å². The molecule has 67 heavy (non-hydrogen) atoms. The molecule has 8 rings (SSSR count). The number of carbonyl (C=O) groups excluding carboxylic acids is 4. The minimum atomic E-state index is -4.98. The van der Waals surface area contributed by atoms with Crippen LogP contribution in [0.2, 0.25) is 15.1 Å². The lowest BCUT2D eigenvalue weighted by atomic mass is 10.0. The largest absolute Gasteiger partial charge is 0.497 e. The van der Waals surface area contributed by atoms with Gasteiger partial charge in [0.1, 0.15) is 17.1 Å². The summed E-state index contributed by atoms with van der Waals surface area (Å²) in [6.45, 7) is -0.491. The average molecular weight is 980 g/mol. The summed E-state index contributed by atoms with van der Waals surface area (Å²) in [7, 11) is 1.34. The number of ketones is 2. The van der Waals surface area contributed by atoms with E-state index < -0.39 is 58.2 Å².